The molecule has 0 bridgehead atoms. The first-order valence-electron chi connectivity index (χ1n) is 10.4. The number of hydrogen-bond acceptors (Lipinski definition) is 4. The molecule has 1 saturated carbocycles. The summed E-state index contributed by atoms with van der Waals surface area (Å²) in [6.07, 6.45) is 3.41. The van der Waals surface area contributed by atoms with Crippen LogP contribution in [0, 0.1) is 30.9 Å². The fourth-order valence-electron chi connectivity index (χ4n) is 4.61. The normalized spacial score (nSPS) is 18.2. The lowest BCUT2D eigenvalue weighted by molar-refractivity contribution is -0.117. The van der Waals surface area contributed by atoms with Crippen molar-refractivity contribution in [3.8, 4) is 11.4 Å². The summed E-state index contributed by atoms with van der Waals surface area (Å²) in [6.45, 7) is 4.00. The number of hydrogen-bond donors (Lipinski definition) is 2. The number of carbonyl (C=O) groups excluding carboxylic acids is 1. The van der Waals surface area contributed by atoms with E-state index in [0.29, 0.717) is 29.2 Å². The van der Waals surface area contributed by atoms with E-state index < -0.39 is 11.6 Å². The van der Waals surface area contributed by atoms with Gasteiger partial charge < -0.3 is 10.1 Å². The molecule has 1 aliphatic carbocycles. The number of nitrogens with one attached hydrogen (secondary N) is 2. The molecule has 9 heteroatoms. The number of benzene rings is 1. The van der Waals surface area contributed by atoms with Gasteiger partial charge in [0.15, 0.2) is 11.6 Å². The number of H-pyrrole nitrogens is 1. The van der Waals surface area contributed by atoms with Crippen LogP contribution in [0.15, 0.2) is 35.3 Å². The van der Waals surface area contributed by atoms with Crippen LogP contribution in [0.1, 0.15) is 42.1 Å². The number of rotatable bonds is 4. The number of pyridine rings is 1. The zero-order valence-corrected chi connectivity index (χ0v) is 17.7. The van der Waals surface area contributed by atoms with E-state index in [-0.39, 0.29) is 35.0 Å². The van der Waals surface area contributed by atoms with Crippen molar-refractivity contribution in [2.24, 2.45) is 5.41 Å². The van der Waals surface area contributed by atoms with Gasteiger partial charge in [0.05, 0.1) is 23.7 Å². The van der Waals surface area contributed by atoms with Crippen LogP contribution in [-0.2, 0) is 4.79 Å². The second-order valence-electron chi connectivity index (χ2n) is 8.67. The number of nitrogens with zero attached hydrogens (tertiary/aromatic N) is 2. The Bertz CT molecular complexity index is 1270. The molecule has 1 amide bonds. The quantitative estimate of drug-likeness (QED) is 0.647. The fourth-order valence-corrected chi connectivity index (χ4v) is 4.61. The number of halogens is 2. The molecule has 1 unspecified atom stereocenters. The zero-order valence-electron chi connectivity index (χ0n) is 17.7. The van der Waals surface area contributed by atoms with Crippen LogP contribution < -0.4 is 15.6 Å². The Kier molecular flexibility index (Phi) is 4.65. The van der Waals surface area contributed by atoms with Crippen molar-refractivity contribution in [1.82, 2.24) is 14.8 Å². The molecule has 166 valence electrons. The van der Waals surface area contributed by atoms with Crippen molar-refractivity contribution in [2.45, 2.75) is 39.0 Å². The number of aryl methyl sites for hydroxylation is 2. The first-order valence-corrected chi connectivity index (χ1v) is 10.4. The van der Waals surface area contributed by atoms with E-state index in [2.05, 4.69) is 15.5 Å². The number of anilines is 1. The highest BCUT2D eigenvalue weighted by molar-refractivity contribution is 5.91. The first kappa shape index (κ1) is 20.4. The summed E-state index contributed by atoms with van der Waals surface area (Å²) in [7, 11) is 0. The minimum Gasteiger partial charge on any atom is -0.493 e. The van der Waals surface area contributed by atoms with Crippen LogP contribution >= 0.6 is 0 Å². The maximum atomic E-state index is 13.9. The van der Waals surface area contributed by atoms with Crippen LogP contribution in [0.2, 0.25) is 0 Å². The van der Waals surface area contributed by atoms with Gasteiger partial charge in [-0.1, -0.05) is 0 Å². The van der Waals surface area contributed by atoms with Gasteiger partial charge in [0.1, 0.15) is 5.75 Å². The molecular formula is C23H22F2N4O3. The predicted octanol–water partition coefficient (Wildman–Crippen LogP) is 3.74. The van der Waals surface area contributed by atoms with Crippen LogP contribution in [0.3, 0.4) is 0 Å². The number of fused-ring (bicyclic) bond motifs is 1. The maximum Gasteiger partial charge on any atom is 0.257 e. The summed E-state index contributed by atoms with van der Waals surface area (Å²) in [6, 6.07) is 5.18. The van der Waals surface area contributed by atoms with Gasteiger partial charge >= 0.3 is 0 Å². The van der Waals surface area contributed by atoms with E-state index in [1.54, 1.807) is 19.2 Å². The lowest BCUT2D eigenvalue weighted by Crippen LogP contribution is -2.31. The fraction of sp³-hybridized carbons (Fsp3) is 0.348. The summed E-state index contributed by atoms with van der Waals surface area (Å²) in [4.78, 5) is 25.5. The largest absolute Gasteiger partial charge is 0.493 e. The highest BCUT2D eigenvalue weighted by atomic mass is 19.2. The van der Waals surface area contributed by atoms with E-state index in [1.165, 1.54) is 10.6 Å². The Morgan fingerprint density at radius 1 is 1.28 bits per heavy atom. The average molecular weight is 440 g/mol. The molecule has 1 spiro atoms. The third kappa shape index (κ3) is 3.37. The highest BCUT2D eigenvalue weighted by Gasteiger charge is 2.54. The molecular weight excluding hydrogens is 418 g/mol. The Hall–Kier alpha value is -3.49. The predicted molar refractivity (Wildman–Crippen MR) is 113 cm³/mol. The van der Waals surface area contributed by atoms with Crippen molar-refractivity contribution < 1.29 is 18.3 Å². The van der Waals surface area contributed by atoms with Crippen molar-refractivity contribution in [1.29, 1.82) is 0 Å². The summed E-state index contributed by atoms with van der Waals surface area (Å²) in [5, 5.41) is 9.72. The van der Waals surface area contributed by atoms with Gasteiger partial charge in [-0.25, -0.2) is 8.78 Å². The zero-order chi connectivity index (χ0) is 22.6. The Labute approximate surface area is 182 Å². The monoisotopic (exact) mass is 440 g/mol. The standard InChI is InChI=1S/C23H22F2N4O3/c1-12-22(13(2)28-27-12)29-6-3-14(7-21(29)31)26-20(30)9-16-15-8-17(24)18(25)10-19(15)32-11-23(16)4-5-23/h3,6-8,10,16H,4-5,9,11H2,1-2H3,(H,26,30)(H,27,28). The molecule has 0 saturated heterocycles. The summed E-state index contributed by atoms with van der Waals surface area (Å²) < 4.78 is 34.7. The third-order valence-corrected chi connectivity index (χ3v) is 6.50. The van der Waals surface area contributed by atoms with Gasteiger partial charge in [0.25, 0.3) is 5.56 Å². The smallest absolute Gasteiger partial charge is 0.257 e. The van der Waals surface area contributed by atoms with Crippen LogP contribution in [0.4, 0.5) is 14.5 Å². The van der Waals surface area contributed by atoms with E-state index in [9.17, 15) is 18.4 Å². The molecule has 0 radical (unpaired) electrons. The second-order valence-corrected chi connectivity index (χ2v) is 8.67. The molecule has 7 nitrogen and oxygen atoms in total. The van der Waals surface area contributed by atoms with Gasteiger partial charge in [-0.3, -0.25) is 19.3 Å². The first-order chi connectivity index (χ1) is 15.3. The highest BCUT2D eigenvalue weighted by Crippen LogP contribution is 2.61. The average Bonchev–Trinajstić information content (AvgIpc) is 3.45. The summed E-state index contributed by atoms with van der Waals surface area (Å²) in [5.41, 5.74) is 2.49. The number of amides is 1. The van der Waals surface area contributed by atoms with E-state index in [1.807, 2.05) is 6.92 Å². The molecule has 1 atom stereocenters. The van der Waals surface area contributed by atoms with Gasteiger partial charge in [-0.2, -0.15) is 5.10 Å². The van der Waals surface area contributed by atoms with Gasteiger partial charge in [0, 0.05) is 47.3 Å². The Morgan fingerprint density at radius 3 is 2.69 bits per heavy atom. The number of ether oxygens (including phenoxy) is 1. The van der Waals surface area contributed by atoms with Gasteiger partial charge in [-0.15, -0.1) is 0 Å². The summed E-state index contributed by atoms with van der Waals surface area (Å²) >= 11 is 0. The molecule has 32 heavy (non-hydrogen) atoms. The number of aromatic nitrogens is 3. The summed E-state index contributed by atoms with van der Waals surface area (Å²) in [5.74, 6) is -2.22. The molecule has 1 aromatic carbocycles. The van der Waals surface area contributed by atoms with Gasteiger partial charge in [0.2, 0.25) is 5.91 Å². The molecule has 2 N–H and O–H groups in total. The third-order valence-electron chi connectivity index (χ3n) is 6.50. The topological polar surface area (TPSA) is 89.0 Å². The molecule has 2 aliphatic rings. The van der Waals surface area contributed by atoms with E-state index in [4.69, 9.17) is 4.74 Å². The second kappa shape index (κ2) is 7.29. The van der Waals surface area contributed by atoms with Crippen LogP contribution in [0.25, 0.3) is 5.69 Å². The Morgan fingerprint density at radius 2 is 2.03 bits per heavy atom. The molecule has 3 aromatic rings. The van der Waals surface area contributed by atoms with Crippen LogP contribution in [0.5, 0.6) is 5.75 Å². The minimum atomic E-state index is -0.970. The molecule has 1 fully saturated rings. The molecule has 1 aliphatic heterocycles. The van der Waals surface area contributed by atoms with Crippen LogP contribution in [-0.4, -0.2) is 27.3 Å². The maximum absolute atomic E-state index is 13.9. The molecule has 5 rings (SSSR count). The van der Waals surface area contributed by atoms with Crippen molar-refractivity contribution in [3.05, 3.63) is 69.4 Å². The van der Waals surface area contributed by atoms with Gasteiger partial charge in [-0.05, 0) is 38.8 Å². The SMILES string of the molecule is Cc1n[nH]c(C)c1-n1ccc(NC(=O)CC2c3cc(F)c(F)cc3OCC23CC3)cc1=O. The number of aromatic amines is 1. The molecule has 3 heterocycles. The Balaban J connectivity index is 1.37. The van der Waals surface area contributed by atoms with Crippen molar-refractivity contribution in [2.75, 3.05) is 11.9 Å². The van der Waals surface area contributed by atoms with E-state index in [0.717, 1.165) is 30.7 Å². The number of carbonyl (C=O) groups is 1. The minimum absolute atomic E-state index is 0.0878. The molecule has 2 aromatic heterocycles. The lowest BCUT2D eigenvalue weighted by atomic mass is 9.79. The lowest BCUT2D eigenvalue weighted by Gasteiger charge is -2.33. The van der Waals surface area contributed by atoms with Crippen molar-refractivity contribution in [3.63, 3.8) is 0 Å². The van der Waals surface area contributed by atoms with E-state index >= 15 is 0 Å². The van der Waals surface area contributed by atoms with Crippen molar-refractivity contribution >= 4 is 11.6 Å².